The maximum atomic E-state index is 4.71. The van der Waals surface area contributed by atoms with Crippen LogP contribution in [0.15, 0.2) is 42.6 Å². The molecule has 146 valence electrons. The molecular formula is C22H28N6. The minimum absolute atomic E-state index is 0.525. The lowest BCUT2D eigenvalue weighted by molar-refractivity contribution is 0.233. The second kappa shape index (κ2) is 7.72. The molecular weight excluding hydrogens is 348 g/mol. The molecule has 0 bridgehead atoms. The highest BCUT2D eigenvalue weighted by atomic mass is 15.3. The summed E-state index contributed by atoms with van der Waals surface area (Å²) in [6.45, 7) is 8.01. The lowest BCUT2D eigenvalue weighted by Crippen LogP contribution is -2.50. The van der Waals surface area contributed by atoms with Crippen LogP contribution in [0.5, 0.6) is 0 Å². The molecule has 1 fully saturated rings. The summed E-state index contributed by atoms with van der Waals surface area (Å²) in [5.41, 5.74) is 3.17. The van der Waals surface area contributed by atoms with Crippen LogP contribution in [0.4, 0.5) is 11.5 Å². The van der Waals surface area contributed by atoms with Crippen LogP contribution < -0.4 is 9.80 Å². The van der Waals surface area contributed by atoms with Gasteiger partial charge in [0, 0.05) is 50.4 Å². The third-order valence-electron chi connectivity index (χ3n) is 5.58. The number of anilines is 2. The van der Waals surface area contributed by atoms with E-state index in [1.165, 1.54) is 0 Å². The van der Waals surface area contributed by atoms with Crippen molar-refractivity contribution >= 4 is 22.4 Å². The van der Waals surface area contributed by atoms with E-state index in [2.05, 4.69) is 71.0 Å². The van der Waals surface area contributed by atoms with Crippen molar-refractivity contribution in [2.24, 2.45) is 0 Å². The number of aryl methyl sites for hydroxylation is 1. The van der Waals surface area contributed by atoms with Gasteiger partial charge in [-0.3, -0.25) is 4.98 Å². The molecule has 0 spiro atoms. The summed E-state index contributed by atoms with van der Waals surface area (Å²) in [5.74, 6) is 1.86. The Bertz CT molecular complexity index is 967. The van der Waals surface area contributed by atoms with Crippen LogP contribution in [0.1, 0.15) is 18.4 Å². The molecule has 0 amide bonds. The topological polar surface area (TPSA) is 48.4 Å². The van der Waals surface area contributed by atoms with Crippen LogP contribution in [0.3, 0.4) is 0 Å². The predicted octanol–water partition coefficient (Wildman–Crippen LogP) is 3.11. The molecule has 4 rings (SSSR count). The maximum absolute atomic E-state index is 4.71. The smallest absolute Gasteiger partial charge is 0.132 e. The standard InChI is InChI=1S/C22H28N6/c1-16-14-28(12-11-26(16)3)21-13-19(24-17(2)25-21)15-27(4)20-9-5-7-18-8-6-10-23-22(18)20/h5-10,13,16H,11-12,14-15H2,1-4H3/t16-/m1/s1. The number of piperazine rings is 1. The normalized spacial score (nSPS) is 17.9. The van der Waals surface area contributed by atoms with Gasteiger partial charge in [-0.15, -0.1) is 0 Å². The number of pyridine rings is 1. The molecule has 1 atom stereocenters. The van der Waals surface area contributed by atoms with Crippen LogP contribution >= 0.6 is 0 Å². The minimum Gasteiger partial charge on any atom is -0.367 e. The Morgan fingerprint density at radius 2 is 1.96 bits per heavy atom. The van der Waals surface area contributed by atoms with Crippen molar-refractivity contribution in [3.05, 3.63) is 54.1 Å². The summed E-state index contributed by atoms with van der Waals surface area (Å²) in [4.78, 5) is 21.0. The Morgan fingerprint density at radius 3 is 2.79 bits per heavy atom. The Balaban J connectivity index is 1.58. The van der Waals surface area contributed by atoms with Gasteiger partial charge in [0.05, 0.1) is 23.4 Å². The van der Waals surface area contributed by atoms with Crippen molar-refractivity contribution in [1.29, 1.82) is 0 Å². The first-order chi connectivity index (χ1) is 13.5. The first kappa shape index (κ1) is 18.6. The molecule has 0 aliphatic carbocycles. The number of fused-ring (bicyclic) bond motifs is 1. The number of rotatable bonds is 4. The van der Waals surface area contributed by atoms with E-state index in [-0.39, 0.29) is 0 Å². The number of hydrogen-bond acceptors (Lipinski definition) is 6. The molecule has 28 heavy (non-hydrogen) atoms. The van der Waals surface area contributed by atoms with Crippen LogP contribution in [0, 0.1) is 6.92 Å². The van der Waals surface area contributed by atoms with Gasteiger partial charge >= 0.3 is 0 Å². The SMILES string of the molecule is Cc1nc(CN(C)c2cccc3cccnc23)cc(N2CCN(C)[C@H](C)C2)n1. The molecule has 1 saturated heterocycles. The Kier molecular flexibility index (Phi) is 5.13. The number of nitrogens with zero attached hydrogens (tertiary/aromatic N) is 6. The average Bonchev–Trinajstić information content (AvgIpc) is 2.69. The van der Waals surface area contributed by atoms with Gasteiger partial charge in [-0.05, 0) is 33.0 Å². The van der Waals surface area contributed by atoms with Crippen molar-refractivity contribution in [3.8, 4) is 0 Å². The molecule has 0 saturated carbocycles. The van der Waals surface area contributed by atoms with E-state index < -0.39 is 0 Å². The van der Waals surface area contributed by atoms with E-state index in [4.69, 9.17) is 9.97 Å². The fourth-order valence-corrected chi connectivity index (χ4v) is 3.84. The zero-order valence-electron chi connectivity index (χ0n) is 17.1. The molecule has 6 nitrogen and oxygen atoms in total. The Morgan fingerprint density at radius 1 is 1.14 bits per heavy atom. The van der Waals surface area contributed by atoms with Gasteiger partial charge in [-0.2, -0.15) is 0 Å². The molecule has 2 aromatic heterocycles. The zero-order valence-corrected chi connectivity index (χ0v) is 17.1. The summed E-state index contributed by atoms with van der Waals surface area (Å²) in [6, 6.07) is 13.0. The largest absolute Gasteiger partial charge is 0.367 e. The molecule has 1 aliphatic heterocycles. The second-order valence-electron chi connectivity index (χ2n) is 7.75. The number of hydrogen-bond donors (Lipinski definition) is 0. The zero-order chi connectivity index (χ0) is 19.7. The van der Waals surface area contributed by atoms with E-state index in [1.807, 2.05) is 19.2 Å². The van der Waals surface area contributed by atoms with Crippen molar-refractivity contribution in [2.45, 2.75) is 26.4 Å². The molecule has 3 heterocycles. The van der Waals surface area contributed by atoms with Crippen molar-refractivity contribution in [1.82, 2.24) is 19.9 Å². The first-order valence-electron chi connectivity index (χ1n) is 9.86. The van der Waals surface area contributed by atoms with E-state index in [0.29, 0.717) is 6.04 Å². The molecule has 6 heteroatoms. The maximum Gasteiger partial charge on any atom is 0.132 e. The fourth-order valence-electron chi connectivity index (χ4n) is 3.84. The van der Waals surface area contributed by atoms with Gasteiger partial charge in [0.15, 0.2) is 0 Å². The molecule has 0 unspecified atom stereocenters. The van der Waals surface area contributed by atoms with Crippen LogP contribution in [0.2, 0.25) is 0 Å². The summed E-state index contributed by atoms with van der Waals surface area (Å²) in [6.07, 6.45) is 1.85. The highest BCUT2D eigenvalue weighted by Crippen LogP contribution is 2.25. The predicted molar refractivity (Wildman–Crippen MR) is 115 cm³/mol. The lowest BCUT2D eigenvalue weighted by Gasteiger charge is -2.38. The highest BCUT2D eigenvalue weighted by molar-refractivity contribution is 5.90. The third-order valence-corrected chi connectivity index (χ3v) is 5.58. The third kappa shape index (κ3) is 3.78. The number of para-hydroxylation sites is 1. The van der Waals surface area contributed by atoms with Gasteiger partial charge in [0.2, 0.25) is 0 Å². The summed E-state index contributed by atoms with van der Waals surface area (Å²) < 4.78 is 0. The van der Waals surface area contributed by atoms with Crippen LogP contribution in [-0.4, -0.2) is 59.6 Å². The van der Waals surface area contributed by atoms with E-state index in [0.717, 1.165) is 60.1 Å². The fraction of sp³-hybridized carbons (Fsp3) is 0.409. The number of aromatic nitrogens is 3. The second-order valence-corrected chi connectivity index (χ2v) is 7.75. The van der Waals surface area contributed by atoms with Gasteiger partial charge in [-0.25, -0.2) is 9.97 Å². The molecule has 1 aliphatic rings. The Hall–Kier alpha value is -2.73. The molecule has 0 radical (unpaired) electrons. The van der Waals surface area contributed by atoms with Crippen LogP contribution in [-0.2, 0) is 6.54 Å². The highest BCUT2D eigenvalue weighted by Gasteiger charge is 2.22. The quantitative estimate of drug-likeness (QED) is 0.697. The number of likely N-dealkylation sites (N-methyl/N-ethyl adjacent to an activating group) is 1. The van der Waals surface area contributed by atoms with E-state index in [1.54, 1.807) is 0 Å². The first-order valence-corrected chi connectivity index (χ1v) is 9.86. The van der Waals surface area contributed by atoms with Gasteiger partial charge in [0.25, 0.3) is 0 Å². The van der Waals surface area contributed by atoms with Gasteiger partial charge in [0.1, 0.15) is 11.6 Å². The summed E-state index contributed by atoms with van der Waals surface area (Å²) >= 11 is 0. The number of benzene rings is 1. The van der Waals surface area contributed by atoms with Crippen LogP contribution in [0.25, 0.3) is 10.9 Å². The minimum atomic E-state index is 0.525. The summed E-state index contributed by atoms with van der Waals surface area (Å²) in [5, 5.41) is 1.15. The van der Waals surface area contributed by atoms with Crippen molar-refractivity contribution < 1.29 is 0 Å². The Labute approximate surface area is 166 Å². The average molecular weight is 377 g/mol. The van der Waals surface area contributed by atoms with E-state index in [9.17, 15) is 0 Å². The summed E-state index contributed by atoms with van der Waals surface area (Å²) in [7, 11) is 4.28. The molecule has 0 N–H and O–H groups in total. The van der Waals surface area contributed by atoms with Gasteiger partial charge < -0.3 is 14.7 Å². The molecule has 3 aromatic rings. The molecule has 1 aromatic carbocycles. The lowest BCUT2D eigenvalue weighted by atomic mass is 10.1. The monoisotopic (exact) mass is 376 g/mol. The van der Waals surface area contributed by atoms with E-state index >= 15 is 0 Å². The van der Waals surface area contributed by atoms with Crippen molar-refractivity contribution in [2.75, 3.05) is 43.5 Å². The van der Waals surface area contributed by atoms with Crippen molar-refractivity contribution in [3.63, 3.8) is 0 Å². The van der Waals surface area contributed by atoms with Gasteiger partial charge in [-0.1, -0.05) is 18.2 Å².